The normalized spacial score (nSPS) is 11.8. The highest BCUT2D eigenvalue weighted by molar-refractivity contribution is 5.78. The zero-order valence-electron chi connectivity index (χ0n) is 16.3. The molecule has 0 aromatic heterocycles. The number of esters is 1. The van der Waals surface area contributed by atoms with E-state index in [2.05, 4.69) is 6.92 Å². The Bertz CT molecular complexity index is 812. The van der Waals surface area contributed by atoms with Crippen LogP contribution in [-0.4, -0.2) is 26.2 Å². The van der Waals surface area contributed by atoms with Crippen molar-refractivity contribution >= 4 is 5.97 Å². The highest BCUT2D eigenvalue weighted by atomic mass is 16.5. The third kappa shape index (κ3) is 4.17. The van der Waals surface area contributed by atoms with Crippen LogP contribution in [0.3, 0.4) is 0 Å². The largest absolute Gasteiger partial charge is 0.497 e. The Morgan fingerprint density at radius 2 is 1.77 bits per heavy atom. The van der Waals surface area contributed by atoms with E-state index >= 15 is 0 Å². The predicted octanol–water partition coefficient (Wildman–Crippen LogP) is 3.47. The third-order valence-corrected chi connectivity index (χ3v) is 4.50. The second-order valence-electron chi connectivity index (χ2n) is 6.51. The first-order chi connectivity index (χ1) is 12.3. The average Bonchev–Trinajstić information content (AvgIpc) is 2.61. The Morgan fingerprint density at radius 1 is 1.08 bits per heavy atom. The fourth-order valence-corrected chi connectivity index (χ4v) is 3.02. The van der Waals surface area contributed by atoms with Gasteiger partial charge in [-0.25, -0.2) is 4.79 Å². The first-order valence-corrected chi connectivity index (χ1v) is 8.56. The van der Waals surface area contributed by atoms with Gasteiger partial charge in [-0.1, -0.05) is 12.1 Å². The molecule has 0 saturated carbocycles. The van der Waals surface area contributed by atoms with Gasteiger partial charge < -0.3 is 19.9 Å². The summed E-state index contributed by atoms with van der Waals surface area (Å²) in [5.74, 6) is 1.65. The molecule has 140 valence electrons. The van der Waals surface area contributed by atoms with E-state index < -0.39 is 12.0 Å². The van der Waals surface area contributed by atoms with Crippen molar-refractivity contribution in [2.24, 2.45) is 5.73 Å². The zero-order chi connectivity index (χ0) is 19.4. The average molecular weight is 357 g/mol. The summed E-state index contributed by atoms with van der Waals surface area (Å²) < 4.78 is 16.3. The van der Waals surface area contributed by atoms with Crippen molar-refractivity contribution in [3.05, 3.63) is 52.1 Å². The fraction of sp³-hybridized carbons (Fsp3) is 0.381. The first kappa shape index (κ1) is 19.8. The molecule has 0 amide bonds. The van der Waals surface area contributed by atoms with Gasteiger partial charge in [-0.05, 0) is 61.6 Å². The van der Waals surface area contributed by atoms with Gasteiger partial charge in [-0.3, -0.25) is 0 Å². The molecule has 0 aliphatic rings. The fourth-order valence-electron chi connectivity index (χ4n) is 3.02. The molecule has 26 heavy (non-hydrogen) atoms. The zero-order valence-corrected chi connectivity index (χ0v) is 16.3. The summed E-state index contributed by atoms with van der Waals surface area (Å²) in [6.45, 7) is 7.57. The highest BCUT2D eigenvalue weighted by Gasteiger charge is 2.18. The third-order valence-electron chi connectivity index (χ3n) is 4.50. The summed E-state index contributed by atoms with van der Waals surface area (Å²) >= 11 is 0. The van der Waals surface area contributed by atoms with E-state index in [4.69, 9.17) is 19.9 Å². The molecule has 2 aromatic carbocycles. The van der Waals surface area contributed by atoms with Crippen molar-refractivity contribution in [1.82, 2.24) is 0 Å². The minimum atomic E-state index is -0.666. The van der Waals surface area contributed by atoms with Crippen molar-refractivity contribution in [3.8, 4) is 17.2 Å². The van der Waals surface area contributed by atoms with Crippen LogP contribution in [0.1, 0.15) is 34.7 Å². The van der Waals surface area contributed by atoms with Crippen molar-refractivity contribution in [1.29, 1.82) is 0 Å². The highest BCUT2D eigenvalue weighted by Crippen LogP contribution is 2.33. The molecule has 0 radical (unpaired) electrons. The van der Waals surface area contributed by atoms with Crippen LogP contribution < -0.4 is 19.9 Å². The van der Waals surface area contributed by atoms with E-state index in [0.29, 0.717) is 12.2 Å². The van der Waals surface area contributed by atoms with Crippen LogP contribution in [0.5, 0.6) is 17.2 Å². The summed E-state index contributed by atoms with van der Waals surface area (Å²) in [5, 5.41) is 0. The predicted molar refractivity (Wildman–Crippen MR) is 102 cm³/mol. The molecule has 0 heterocycles. The van der Waals surface area contributed by atoms with Gasteiger partial charge in [0.1, 0.15) is 23.3 Å². The Hall–Kier alpha value is -2.53. The second-order valence-corrected chi connectivity index (χ2v) is 6.51. The summed E-state index contributed by atoms with van der Waals surface area (Å²) in [6, 6.07) is 7.13. The topological polar surface area (TPSA) is 70.8 Å². The number of rotatable bonds is 6. The molecule has 0 spiro atoms. The van der Waals surface area contributed by atoms with Gasteiger partial charge >= 0.3 is 5.97 Å². The lowest BCUT2D eigenvalue weighted by Gasteiger charge is -2.19. The van der Waals surface area contributed by atoms with Crippen molar-refractivity contribution in [2.45, 2.75) is 40.2 Å². The standard InChI is InChI=1S/C21H27NO4/c1-12-9-13(2)20(26-21(23)15(4)22)14(3)18(12)10-16-7-8-17(24-5)11-19(16)25-6/h7-9,11,15H,10,22H2,1-6H3/t15-/m0/s1. The lowest BCUT2D eigenvalue weighted by atomic mass is 9.93. The maximum absolute atomic E-state index is 12.0. The van der Waals surface area contributed by atoms with Crippen molar-refractivity contribution in [3.63, 3.8) is 0 Å². The minimum absolute atomic E-state index is 0.437. The molecule has 0 bridgehead atoms. The number of ether oxygens (including phenoxy) is 3. The van der Waals surface area contributed by atoms with Gasteiger partial charge in [0.15, 0.2) is 0 Å². The molecule has 5 heteroatoms. The summed E-state index contributed by atoms with van der Waals surface area (Å²) in [7, 11) is 3.27. The summed E-state index contributed by atoms with van der Waals surface area (Å²) in [5.41, 5.74) is 10.8. The maximum Gasteiger partial charge on any atom is 0.328 e. The van der Waals surface area contributed by atoms with Crippen molar-refractivity contribution < 1.29 is 19.0 Å². The van der Waals surface area contributed by atoms with Gasteiger partial charge in [0.25, 0.3) is 0 Å². The molecule has 1 atom stereocenters. The molecule has 2 N–H and O–H groups in total. The molecule has 5 nitrogen and oxygen atoms in total. The lowest BCUT2D eigenvalue weighted by Crippen LogP contribution is -2.31. The number of hydrogen-bond donors (Lipinski definition) is 1. The molecular formula is C21H27NO4. The van der Waals surface area contributed by atoms with Crippen LogP contribution >= 0.6 is 0 Å². The molecular weight excluding hydrogens is 330 g/mol. The molecule has 0 aliphatic heterocycles. The van der Waals surface area contributed by atoms with E-state index in [1.165, 1.54) is 0 Å². The number of benzene rings is 2. The van der Waals surface area contributed by atoms with Crippen LogP contribution in [0.25, 0.3) is 0 Å². The van der Waals surface area contributed by atoms with Gasteiger partial charge in [-0.15, -0.1) is 0 Å². The monoisotopic (exact) mass is 357 g/mol. The van der Waals surface area contributed by atoms with E-state index in [-0.39, 0.29) is 0 Å². The number of carbonyl (C=O) groups is 1. The molecule has 0 saturated heterocycles. The molecule has 2 rings (SSSR count). The second kappa shape index (κ2) is 8.23. The van der Waals surface area contributed by atoms with Crippen LogP contribution in [0, 0.1) is 20.8 Å². The Balaban J connectivity index is 2.45. The lowest BCUT2D eigenvalue weighted by molar-refractivity contribution is -0.135. The summed E-state index contributed by atoms with van der Waals surface area (Å²) in [4.78, 5) is 12.0. The SMILES string of the molecule is COc1ccc(Cc2c(C)cc(C)c(OC(=O)[C@H](C)N)c2C)c(OC)c1. The number of methoxy groups -OCH3 is 2. The van der Waals surface area contributed by atoms with Crippen LogP contribution in [0.15, 0.2) is 24.3 Å². The van der Waals surface area contributed by atoms with E-state index in [1.54, 1.807) is 21.1 Å². The first-order valence-electron chi connectivity index (χ1n) is 8.56. The Kier molecular flexibility index (Phi) is 6.27. The van der Waals surface area contributed by atoms with Gasteiger partial charge in [-0.2, -0.15) is 0 Å². The quantitative estimate of drug-likeness (QED) is 0.633. The van der Waals surface area contributed by atoms with Crippen LogP contribution in [0.4, 0.5) is 0 Å². The van der Waals surface area contributed by atoms with E-state index in [9.17, 15) is 4.79 Å². The Morgan fingerprint density at radius 3 is 2.35 bits per heavy atom. The number of nitrogens with two attached hydrogens (primary N) is 1. The number of aryl methyl sites for hydroxylation is 2. The van der Waals surface area contributed by atoms with E-state index in [1.807, 2.05) is 38.1 Å². The Labute approximate surface area is 155 Å². The van der Waals surface area contributed by atoms with Crippen LogP contribution in [0.2, 0.25) is 0 Å². The van der Waals surface area contributed by atoms with Gasteiger partial charge in [0.2, 0.25) is 0 Å². The summed E-state index contributed by atoms with van der Waals surface area (Å²) in [6.07, 6.45) is 0.661. The minimum Gasteiger partial charge on any atom is -0.497 e. The van der Waals surface area contributed by atoms with E-state index in [0.717, 1.165) is 39.3 Å². The van der Waals surface area contributed by atoms with Crippen LogP contribution in [-0.2, 0) is 11.2 Å². The number of hydrogen-bond acceptors (Lipinski definition) is 5. The van der Waals surface area contributed by atoms with Crippen molar-refractivity contribution in [2.75, 3.05) is 14.2 Å². The number of carbonyl (C=O) groups excluding carboxylic acids is 1. The smallest absolute Gasteiger partial charge is 0.328 e. The molecule has 0 fully saturated rings. The maximum atomic E-state index is 12.0. The van der Waals surface area contributed by atoms with Gasteiger partial charge in [0.05, 0.1) is 14.2 Å². The van der Waals surface area contributed by atoms with Gasteiger partial charge in [0, 0.05) is 12.5 Å². The molecule has 0 unspecified atom stereocenters. The molecule has 2 aromatic rings. The molecule has 0 aliphatic carbocycles.